The molecule has 20 heavy (non-hydrogen) atoms. The van der Waals surface area contributed by atoms with Crippen molar-refractivity contribution in [1.82, 2.24) is 15.0 Å². The summed E-state index contributed by atoms with van der Waals surface area (Å²) in [6.45, 7) is 4.26. The van der Waals surface area contributed by atoms with Gasteiger partial charge in [0.05, 0.1) is 18.0 Å². The molecule has 0 aliphatic carbocycles. The van der Waals surface area contributed by atoms with Crippen LogP contribution in [0.3, 0.4) is 0 Å². The molecule has 0 amide bonds. The third-order valence-electron chi connectivity index (χ3n) is 2.97. The molecule has 0 aliphatic heterocycles. The minimum Gasteiger partial charge on any atom is -0.476 e. The summed E-state index contributed by atoms with van der Waals surface area (Å²) >= 11 is 0. The second kappa shape index (κ2) is 5.83. The van der Waals surface area contributed by atoms with Crippen LogP contribution in [0.1, 0.15) is 41.5 Å². The fourth-order valence-corrected chi connectivity index (χ4v) is 2.13. The van der Waals surface area contributed by atoms with Gasteiger partial charge in [-0.15, -0.1) is 5.10 Å². The van der Waals surface area contributed by atoms with E-state index in [-0.39, 0.29) is 11.6 Å². The number of nitrogens with zero attached hydrogens (tertiary/aromatic N) is 3. The van der Waals surface area contributed by atoms with E-state index >= 15 is 0 Å². The van der Waals surface area contributed by atoms with Gasteiger partial charge in [0, 0.05) is 12.7 Å². The van der Waals surface area contributed by atoms with Crippen LogP contribution in [-0.4, -0.2) is 33.2 Å². The van der Waals surface area contributed by atoms with Crippen LogP contribution in [0.5, 0.6) is 0 Å². The van der Waals surface area contributed by atoms with Crippen molar-refractivity contribution >= 4 is 5.97 Å². The molecule has 106 valence electrons. The topological polar surface area (TPSA) is 77.2 Å². The first-order valence-electron chi connectivity index (χ1n) is 6.32. The number of benzene rings is 1. The van der Waals surface area contributed by atoms with Crippen molar-refractivity contribution in [3.8, 4) is 5.69 Å². The molecule has 2 rings (SSSR count). The van der Waals surface area contributed by atoms with Crippen molar-refractivity contribution in [2.24, 2.45) is 0 Å². The Labute approximate surface area is 117 Å². The minimum absolute atomic E-state index is 0.00720. The molecular formula is C14H17N3O3. The fraction of sp³-hybridized carbons (Fsp3) is 0.357. The molecule has 1 N–H and O–H groups in total. The molecule has 1 aromatic heterocycles. The second-order valence-corrected chi connectivity index (χ2v) is 4.76. The number of carbonyl (C=O) groups is 1. The van der Waals surface area contributed by atoms with Gasteiger partial charge >= 0.3 is 5.97 Å². The SMILES string of the molecule is COCc1ccccc1-n1nnc(C(=O)O)c1C(C)C. The maximum absolute atomic E-state index is 11.2. The van der Waals surface area contributed by atoms with Gasteiger partial charge in [-0.2, -0.15) is 0 Å². The zero-order chi connectivity index (χ0) is 14.7. The quantitative estimate of drug-likeness (QED) is 0.905. The number of ether oxygens (including phenoxy) is 1. The normalized spacial score (nSPS) is 11.0. The summed E-state index contributed by atoms with van der Waals surface area (Å²) in [5, 5.41) is 17.0. The second-order valence-electron chi connectivity index (χ2n) is 4.76. The Morgan fingerprint density at radius 3 is 2.70 bits per heavy atom. The highest BCUT2D eigenvalue weighted by atomic mass is 16.5. The standard InChI is InChI=1S/C14H17N3O3/c1-9(2)13-12(14(18)19)15-16-17(13)11-7-5-4-6-10(11)8-20-3/h4-7,9H,8H2,1-3H3,(H,18,19). The van der Waals surface area contributed by atoms with Gasteiger partial charge in [-0.25, -0.2) is 9.48 Å². The van der Waals surface area contributed by atoms with Gasteiger partial charge in [0.2, 0.25) is 0 Å². The van der Waals surface area contributed by atoms with Gasteiger partial charge in [-0.3, -0.25) is 0 Å². The number of rotatable bonds is 5. The number of aromatic carboxylic acids is 1. The van der Waals surface area contributed by atoms with E-state index in [1.165, 1.54) is 0 Å². The third kappa shape index (κ3) is 2.55. The summed E-state index contributed by atoms with van der Waals surface area (Å²) in [5.74, 6) is -1.07. The van der Waals surface area contributed by atoms with Crippen molar-refractivity contribution in [3.63, 3.8) is 0 Å². The van der Waals surface area contributed by atoms with Crippen LogP contribution in [0.2, 0.25) is 0 Å². The predicted molar refractivity (Wildman–Crippen MR) is 73.1 cm³/mol. The van der Waals surface area contributed by atoms with Crippen molar-refractivity contribution in [2.75, 3.05) is 7.11 Å². The van der Waals surface area contributed by atoms with Crippen LogP contribution in [-0.2, 0) is 11.3 Å². The van der Waals surface area contributed by atoms with Gasteiger partial charge < -0.3 is 9.84 Å². The lowest BCUT2D eigenvalue weighted by atomic mass is 10.1. The Balaban J connectivity index is 2.61. The predicted octanol–water partition coefficient (Wildman–Crippen LogP) is 2.24. The molecule has 0 saturated carbocycles. The van der Waals surface area contributed by atoms with E-state index in [4.69, 9.17) is 4.74 Å². The van der Waals surface area contributed by atoms with Crippen LogP contribution >= 0.6 is 0 Å². The molecule has 0 atom stereocenters. The monoisotopic (exact) mass is 275 g/mol. The summed E-state index contributed by atoms with van der Waals surface area (Å²) in [6.07, 6.45) is 0. The Kier molecular flexibility index (Phi) is 4.14. The zero-order valence-electron chi connectivity index (χ0n) is 11.7. The minimum atomic E-state index is -1.07. The Morgan fingerprint density at radius 1 is 1.40 bits per heavy atom. The number of carboxylic acid groups (broad SMARTS) is 1. The molecule has 0 aliphatic rings. The average Bonchev–Trinajstić information content (AvgIpc) is 2.84. The van der Waals surface area contributed by atoms with Gasteiger partial charge in [0.1, 0.15) is 0 Å². The largest absolute Gasteiger partial charge is 0.476 e. The van der Waals surface area contributed by atoms with E-state index < -0.39 is 5.97 Å². The summed E-state index contributed by atoms with van der Waals surface area (Å²) in [6, 6.07) is 7.58. The zero-order valence-corrected chi connectivity index (χ0v) is 11.7. The average molecular weight is 275 g/mol. The van der Waals surface area contributed by atoms with Crippen LogP contribution in [0.25, 0.3) is 5.69 Å². The highest BCUT2D eigenvalue weighted by Crippen LogP contribution is 2.23. The number of aromatic nitrogens is 3. The molecule has 0 fully saturated rings. The third-order valence-corrected chi connectivity index (χ3v) is 2.97. The van der Waals surface area contributed by atoms with Gasteiger partial charge in [-0.1, -0.05) is 37.3 Å². The highest BCUT2D eigenvalue weighted by Gasteiger charge is 2.23. The summed E-state index contributed by atoms with van der Waals surface area (Å²) in [4.78, 5) is 11.2. The lowest BCUT2D eigenvalue weighted by molar-refractivity contribution is 0.0688. The highest BCUT2D eigenvalue weighted by molar-refractivity contribution is 5.86. The van der Waals surface area contributed by atoms with Crippen molar-refractivity contribution in [2.45, 2.75) is 26.4 Å². The molecule has 0 radical (unpaired) electrons. The van der Waals surface area contributed by atoms with E-state index in [9.17, 15) is 9.90 Å². The van der Waals surface area contributed by atoms with E-state index in [0.29, 0.717) is 12.3 Å². The molecule has 1 aromatic carbocycles. The molecule has 0 unspecified atom stereocenters. The number of hydrogen-bond acceptors (Lipinski definition) is 4. The smallest absolute Gasteiger partial charge is 0.358 e. The Bertz CT molecular complexity index is 620. The summed E-state index contributed by atoms with van der Waals surface area (Å²) < 4.78 is 6.75. The van der Waals surface area contributed by atoms with Crippen molar-refractivity contribution in [1.29, 1.82) is 0 Å². The lowest BCUT2D eigenvalue weighted by Crippen LogP contribution is -2.10. The van der Waals surface area contributed by atoms with E-state index in [0.717, 1.165) is 11.3 Å². The first-order valence-corrected chi connectivity index (χ1v) is 6.32. The molecule has 6 nitrogen and oxygen atoms in total. The molecular weight excluding hydrogens is 258 g/mol. The molecule has 0 spiro atoms. The first-order chi connectivity index (χ1) is 9.56. The van der Waals surface area contributed by atoms with Crippen LogP contribution in [0.15, 0.2) is 24.3 Å². The van der Waals surface area contributed by atoms with Crippen molar-refractivity contribution < 1.29 is 14.6 Å². The van der Waals surface area contributed by atoms with Gasteiger partial charge in [0.15, 0.2) is 5.69 Å². The number of carboxylic acids is 1. The lowest BCUT2D eigenvalue weighted by Gasteiger charge is -2.13. The van der Waals surface area contributed by atoms with Crippen LogP contribution in [0.4, 0.5) is 0 Å². The maximum Gasteiger partial charge on any atom is 0.358 e. The first kappa shape index (κ1) is 14.2. The summed E-state index contributed by atoms with van der Waals surface area (Å²) in [7, 11) is 1.62. The number of hydrogen-bond donors (Lipinski definition) is 1. The molecule has 2 aromatic rings. The molecule has 1 heterocycles. The van der Waals surface area contributed by atoms with E-state index in [1.807, 2.05) is 38.1 Å². The van der Waals surface area contributed by atoms with Gasteiger partial charge in [-0.05, 0) is 12.0 Å². The van der Waals surface area contributed by atoms with E-state index in [1.54, 1.807) is 11.8 Å². The Hall–Kier alpha value is -2.21. The van der Waals surface area contributed by atoms with Gasteiger partial charge in [0.25, 0.3) is 0 Å². The maximum atomic E-state index is 11.2. The van der Waals surface area contributed by atoms with E-state index in [2.05, 4.69) is 10.3 Å². The number of para-hydroxylation sites is 1. The molecule has 0 bridgehead atoms. The molecule has 0 saturated heterocycles. The fourth-order valence-electron chi connectivity index (χ4n) is 2.13. The molecule has 6 heteroatoms. The Morgan fingerprint density at radius 2 is 2.10 bits per heavy atom. The number of methoxy groups -OCH3 is 1. The summed E-state index contributed by atoms with van der Waals surface area (Å²) in [5.41, 5.74) is 2.30. The van der Waals surface area contributed by atoms with Crippen LogP contribution in [0, 0.1) is 0 Å². The van der Waals surface area contributed by atoms with Crippen molar-refractivity contribution in [3.05, 3.63) is 41.2 Å². The van der Waals surface area contributed by atoms with Crippen LogP contribution < -0.4 is 0 Å².